The standard InChI is InChI=1S/C8H13N/c1-7-4-5-9-8(2,3)6-7/h4-6,9H,1-3H3. The van der Waals surface area contributed by atoms with Crippen molar-refractivity contribution in [1.29, 1.82) is 0 Å². The van der Waals surface area contributed by atoms with Gasteiger partial charge in [-0.15, -0.1) is 0 Å². The largest absolute Gasteiger partial charge is 0.383 e. The van der Waals surface area contributed by atoms with Crippen molar-refractivity contribution in [2.45, 2.75) is 26.3 Å². The molecule has 1 nitrogen and oxygen atoms in total. The van der Waals surface area contributed by atoms with E-state index in [1.54, 1.807) is 0 Å². The molecule has 1 heterocycles. The Labute approximate surface area is 56.5 Å². The molecule has 1 heteroatoms. The lowest BCUT2D eigenvalue weighted by Gasteiger charge is -2.24. The average molecular weight is 123 g/mol. The number of rotatable bonds is 0. The SMILES string of the molecule is CC1=CC(C)(C)NC=C1. The number of nitrogens with one attached hydrogen (secondary N) is 1. The molecule has 0 amide bonds. The summed E-state index contributed by atoms with van der Waals surface area (Å²) in [7, 11) is 0. The highest BCUT2D eigenvalue weighted by molar-refractivity contribution is 5.25. The zero-order chi connectivity index (χ0) is 6.91. The van der Waals surface area contributed by atoms with Crippen molar-refractivity contribution in [2.24, 2.45) is 0 Å². The van der Waals surface area contributed by atoms with Crippen molar-refractivity contribution in [2.75, 3.05) is 0 Å². The highest BCUT2D eigenvalue weighted by Gasteiger charge is 2.13. The van der Waals surface area contributed by atoms with Crippen molar-refractivity contribution in [1.82, 2.24) is 5.32 Å². The van der Waals surface area contributed by atoms with E-state index in [0.717, 1.165) is 0 Å². The van der Waals surface area contributed by atoms with Gasteiger partial charge < -0.3 is 5.32 Å². The van der Waals surface area contributed by atoms with Gasteiger partial charge in [-0.1, -0.05) is 11.6 Å². The summed E-state index contributed by atoms with van der Waals surface area (Å²) >= 11 is 0. The van der Waals surface area contributed by atoms with Gasteiger partial charge in [0.1, 0.15) is 0 Å². The van der Waals surface area contributed by atoms with Crippen LogP contribution in [0.4, 0.5) is 0 Å². The average Bonchev–Trinajstić information content (AvgIpc) is 1.60. The van der Waals surface area contributed by atoms with E-state index in [4.69, 9.17) is 0 Å². The zero-order valence-corrected chi connectivity index (χ0v) is 6.23. The van der Waals surface area contributed by atoms with Crippen LogP contribution in [0.1, 0.15) is 20.8 Å². The van der Waals surface area contributed by atoms with Crippen molar-refractivity contribution in [3.05, 3.63) is 23.9 Å². The monoisotopic (exact) mass is 123 g/mol. The van der Waals surface area contributed by atoms with E-state index < -0.39 is 0 Å². The predicted octanol–water partition coefficient (Wildman–Crippen LogP) is 1.83. The molecule has 0 fully saturated rings. The Hall–Kier alpha value is -0.720. The Morgan fingerprint density at radius 2 is 2.11 bits per heavy atom. The Kier molecular flexibility index (Phi) is 1.35. The molecule has 0 aromatic heterocycles. The molecule has 0 aliphatic carbocycles. The summed E-state index contributed by atoms with van der Waals surface area (Å²) in [5, 5.41) is 3.23. The van der Waals surface area contributed by atoms with E-state index in [9.17, 15) is 0 Å². The Bertz CT molecular complexity index is 163. The maximum absolute atomic E-state index is 3.23. The van der Waals surface area contributed by atoms with Crippen LogP contribution in [0.5, 0.6) is 0 Å². The van der Waals surface area contributed by atoms with Gasteiger partial charge in [0.2, 0.25) is 0 Å². The lowest BCUT2D eigenvalue weighted by atomic mass is 10.00. The summed E-state index contributed by atoms with van der Waals surface area (Å²) in [6, 6.07) is 0. The van der Waals surface area contributed by atoms with Gasteiger partial charge >= 0.3 is 0 Å². The highest BCUT2D eigenvalue weighted by atomic mass is 14.9. The fourth-order valence-electron chi connectivity index (χ4n) is 1.05. The molecule has 0 spiro atoms. The summed E-state index contributed by atoms with van der Waals surface area (Å²) in [5.74, 6) is 0. The van der Waals surface area contributed by atoms with Crippen LogP contribution in [-0.2, 0) is 0 Å². The molecule has 0 saturated heterocycles. The van der Waals surface area contributed by atoms with E-state index in [2.05, 4.69) is 38.2 Å². The number of dihydropyridines is 1. The minimum atomic E-state index is 0.152. The molecule has 0 aromatic carbocycles. The summed E-state index contributed by atoms with van der Waals surface area (Å²) in [6.45, 7) is 6.42. The van der Waals surface area contributed by atoms with Crippen LogP contribution in [0, 0.1) is 0 Å². The van der Waals surface area contributed by atoms with E-state index in [1.165, 1.54) is 5.57 Å². The highest BCUT2D eigenvalue weighted by Crippen LogP contribution is 2.12. The van der Waals surface area contributed by atoms with Gasteiger partial charge in [0.25, 0.3) is 0 Å². The fraction of sp³-hybridized carbons (Fsp3) is 0.500. The van der Waals surface area contributed by atoms with Crippen LogP contribution in [0.25, 0.3) is 0 Å². The zero-order valence-electron chi connectivity index (χ0n) is 6.23. The second-order valence-corrected chi connectivity index (χ2v) is 3.09. The molecule has 1 N–H and O–H groups in total. The summed E-state index contributed by atoms with van der Waals surface area (Å²) in [6.07, 6.45) is 6.29. The number of hydrogen-bond acceptors (Lipinski definition) is 1. The van der Waals surface area contributed by atoms with Crippen molar-refractivity contribution in [3.8, 4) is 0 Å². The van der Waals surface area contributed by atoms with Crippen LogP contribution in [-0.4, -0.2) is 5.54 Å². The molecule has 0 atom stereocenters. The van der Waals surface area contributed by atoms with Gasteiger partial charge in [0.05, 0.1) is 0 Å². The normalized spacial score (nSPS) is 22.8. The number of allylic oxidation sites excluding steroid dienone is 2. The van der Waals surface area contributed by atoms with Crippen molar-refractivity contribution < 1.29 is 0 Å². The molecule has 0 unspecified atom stereocenters. The predicted molar refractivity (Wildman–Crippen MR) is 40.1 cm³/mol. The molecule has 0 saturated carbocycles. The molecule has 1 rings (SSSR count). The third kappa shape index (κ3) is 1.60. The first-order valence-electron chi connectivity index (χ1n) is 3.24. The van der Waals surface area contributed by atoms with Gasteiger partial charge in [0, 0.05) is 5.54 Å². The van der Waals surface area contributed by atoms with Gasteiger partial charge in [-0.25, -0.2) is 0 Å². The third-order valence-corrected chi connectivity index (χ3v) is 1.39. The van der Waals surface area contributed by atoms with Gasteiger partial charge in [-0.3, -0.25) is 0 Å². The van der Waals surface area contributed by atoms with Crippen LogP contribution in [0.15, 0.2) is 23.9 Å². The molecule has 0 radical (unpaired) electrons. The maximum atomic E-state index is 3.23. The Balaban J connectivity index is 2.78. The molecule has 9 heavy (non-hydrogen) atoms. The van der Waals surface area contributed by atoms with E-state index in [-0.39, 0.29) is 5.54 Å². The van der Waals surface area contributed by atoms with Gasteiger partial charge in [0.15, 0.2) is 0 Å². The molecule has 1 aliphatic heterocycles. The minimum absolute atomic E-state index is 0.152. The summed E-state index contributed by atoms with van der Waals surface area (Å²) < 4.78 is 0. The molecule has 0 aromatic rings. The summed E-state index contributed by atoms with van der Waals surface area (Å²) in [5.41, 5.74) is 1.48. The van der Waals surface area contributed by atoms with E-state index in [1.807, 2.05) is 6.20 Å². The first kappa shape index (κ1) is 6.40. The summed E-state index contributed by atoms with van der Waals surface area (Å²) in [4.78, 5) is 0. The smallest absolute Gasteiger partial charge is 0.0500 e. The fourth-order valence-corrected chi connectivity index (χ4v) is 1.05. The lowest BCUT2D eigenvalue weighted by molar-refractivity contribution is 0.543. The van der Waals surface area contributed by atoms with Gasteiger partial charge in [-0.05, 0) is 33.0 Å². The second-order valence-electron chi connectivity index (χ2n) is 3.09. The quantitative estimate of drug-likeness (QED) is 0.518. The van der Waals surface area contributed by atoms with Crippen LogP contribution in [0.3, 0.4) is 0 Å². The topological polar surface area (TPSA) is 12.0 Å². The number of hydrogen-bond donors (Lipinski definition) is 1. The van der Waals surface area contributed by atoms with Crippen molar-refractivity contribution >= 4 is 0 Å². The van der Waals surface area contributed by atoms with Crippen LogP contribution >= 0.6 is 0 Å². The Morgan fingerprint density at radius 1 is 1.44 bits per heavy atom. The van der Waals surface area contributed by atoms with Gasteiger partial charge in [-0.2, -0.15) is 0 Å². The molecule has 1 aliphatic rings. The van der Waals surface area contributed by atoms with E-state index >= 15 is 0 Å². The molecule has 0 bridgehead atoms. The second kappa shape index (κ2) is 1.90. The lowest BCUT2D eigenvalue weighted by Crippen LogP contribution is -2.34. The molecular weight excluding hydrogens is 110 g/mol. The van der Waals surface area contributed by atoms with E-state index in [0.29, 0.717) is 0 Å². The first-order chi connectivity index (χ1) is 4.10. The minimum Gasteiger partial charge on any atom is -0.383 e. The van der Waals surface area contributed by atoms with Crippen molar-refractivity contribution in [3.63, 3.8) is 0 Å². The molecular formula is C8H13N. The maximum Gasteiger partial charge on any atom is 0.0500 e. The third-order valence-electron chi connectivity index (χ3n) is 1.39. The van der Waals surface area contributed by atoms with Crippen LogP contribution < -0.4 is 5.32 Å². The first-order valence-corrected chi connectivity index (χ1v) is 3.24. The van der Waals surface area contributed by atoms with Crippen LogP contribution in [0.2, 0.25) is 0 Å². The Morgan fingerprint density at radius 3 is 2.44 bits per heavy atom. The molecule has 50 valence electrons.